The van der Waals surface area contributed by atoms with Crippen molar-refractivity contribution in [1.82, 2.24) is 15.5 Å². The number of nitrogens with zero attached hydrogens (tertiary/aromatic N) is 1. The van der Waals surface area contributed by atoms with E-state index in [1.807, 2.05) is 0 Å². The van der Waals surface area contributed by atoms with E-state index >= 15 is 0 Å². The zero-order valence-electron chi connectivity index (χ0n) is 12.1. The Bertz CT molecular complexity index is 358. The van der Waals surface area contributed by atoms with Crippen LogP contribution in [-0.2, 0) is 4.79 Å². The Labute approximate surface area is 119 Å². The minimum Gasteiger partial charge on any atom is -0.481 e. The van der Waals surface area contributed by atoms with Crippen molar-refractivity contribution in [3.63, 3.8) is 0 Å². The van der Waals surface area contributed by atoms with E-state index in [4.69, 9.17) is 5.11 Å². The molecular formula is C14H25N3O3. The summed E-state index contributed by atoms with van der Waals surface area (Å²) in [4.78, 5) is 25.0. The van der Waals surface area contributed by atoms with E-state index in [1.54, 1.807) is 0 Å². The molecule has 0 spiro atoms. The summed E-state index contributed by atoms with van der Waals surface area (Å²) in [5.74, 6) is -1.06. The Morgan fingerprint density at radius 1 is 1.25 bits per heavy atom. The fraction of sp³-hybridized carbons (Fsp3) is 0.857. The Balaban J connectivity index is 1.62. The van der Waals surface area contributed by atoms with Crippen molar-refractivity contribution in [1.29, 1.82) is 0 Å². The van der Waals surface area contributed by atoms with Crippen molar-refractivity contribution < 1.29 is 14.7 Å². The second-order valence-corrected chi connectivity index (χ2v) is 6.01. The molecule has 0 aromatic carbocycles. The van der Waals surface area contributed by atoms with Crippen molar-refractivity contribution in [2.75, 3.05) is 20.1 Å². The number of carbonyl (C=O) groups excluding carboxylic acids is 1. The van der Waals surface area contributed by atoms with Gasteiger partial charge in [0.15, 0.2) is 0 Å². The number of amides is 2. The molecule has 2 aliphatic rings. The number of urea groups is 1. The van der Waals surface area contributed by atoms with Crippen LogP contribution in [0.4, 0.5) is 4.79 Å². The van der Waals surface area contributed by atoms with E-state index in [9.17, 15) is 9.59 Å². The van der Waals surface area contributed by atoms with Gasteiger partial charge in [0.05, 0.1) is 5.92 Å². The van der Waals surface area contributed by atoms with Crippen LogP contribution in [0.25, 0.3) is 0 Å². The first-order valence-electron chi connectivity index (χ1n) is 7.53. The van der Waals surface area contributed by atoms with Gasteiger partial charge < -0.3 is 20.6 Å². The van der Waals surface area contributed by atoms with Crippen LogP contribution in [-0.4, -0.2) is 54.2 Å². The zero-order chi connectivity index (χ0) is 14.5. The predicted octanol–water partition coefficient (Wildman–Crippen LogP) is 1.02. The lowest BCUT2D eigenvalue weighted by Gasteiger charge is -2.27. The molecule has 0 aromatic rings. The number of hydrogen-bond acceptors (Lipinski definition) is 3. The highest BCUT2D eigenvalue weighted by Crippen LogP contribution is 2.25. The number of carboxylic acids is 1. The van der Waals surface area contributed by atoms with E-state index in [0.717, 1.165) is 25.8 Å². The molecule has 114 valence electrons. The minimum atomic E-state index is -0.747. The van der Waals surface area contributed by atoms with Crippen LogP contribution < -0.4 is 10.6 Å². The Hall–Kier alpha value is -1.30. The van der Waals surface area contributed by atoms with Gasteiger partial charge in [-0.15, -0.1) is 0 Å². The molecule has 6 nitrogen and oxygen atoms in total. The number of hydrogen-bond donors (Lipinski definition) is 3. The maximum Gasteiger partial charge on any atom is 0.315 e. The van der Waals surface area contributed by atoms with Gasteiger partial charge in [0.2, 0.25) is 0 Å². The molecule has 0 radical (unpaired) electrons. The molecule has 2 unspecified atom stereocenters. The normalized spacial score (nSPS) is 26.3. The van der Waals surface area contributed by atoms with Crippen molar-refractivity contribution in [2.45, 2.75) is 50.6 Å². The number of carboxylic acid groups (broad SMARTS) is 1. The van der Waals surface area contributed by atoms with Crippen molar-refractivity contribution in [3.05, 3.63) is 0 Å². The van der Waals surface area contributed by atoms with Gasteiger partial charge in [-0.05, 0) is 39.2 Å². The maximum absolute atomic E-state index is 11.8. The second-order valence-electron chi connectivity index (χ2n) is 6.01. The largest absolute Gasteiger partial charge is 0.481 e. The highest BCUT2D eigenvalue weighted by atomic mass is 16.4. The molecule has 2 fully saturated rings. The second kappa shape index (κ2) is 6.92. The molecule has 0 heterocycles. The minimum absolute atomic E-state index is 0.00832. The number of nitrogens with one attached hydrogen (secondary N) is 2. The summed E-state index contributed by atoms with van der Waals surface area (Å²) in [6, 6.07) is 0.519. The standard InChI is InChI=1S/C14H25N3O3/c1-17(12-5-6-12)8-7-15-14(20)16-11-4-2-3-10(9-11)13(18)19/h10-12H,2-9H2,1H3,(H,18,19)(H2,15,16,20). The molecule has 2 atom stereocenters. The molecule has 6 heteroatoms. The fourth-order valence-corrected chi connectivity index (χ4v) is 2.83. The van der Waals surface area contributed by atoms with Crippen LogP contribution in [0, 0.1) is 5.92 Å². The third-order valence-corrected chi connectivity index (χ3v) is 4.28. The van der Waals surface area contributed by atoms with Crippen molar-refractivity contribution >= 4 is 12.0 Å². The molecule has 3 N–H and O–H groups in total. The van der Waals surface area contributed by atoms with Crippen LogP contribution in [0.15, 0.2) is 0 Å². The van der Waals surface area contributed by atoms with Gasteiger partial charge in [0.25, 0.3) is 0 Å². The average Bonchev–Trinajstić information content (AvgIpc) is 3.23. The Kier molecular flexibility index (Phi) is 5.23. The summed E-state index contributed by atoms with van der Waals surface area (Å²) in [5.41, 5.74) is 0. The Morgan fingerprint density at radius 3 is 2.65 bits per heavy atom. The maximum atomic E-state index is 11.8. The van der Waals surface area contributed by atoms with Gasteiger partial charge in [-0.2, -0.15) is 0 Å². The lowest BCUT2D eigenvalue weighted by Crippen LogP contribution is -2.46. The van der Waals surface area contributed by atoms with Crippen molar-refractivity contribution in [3.8, 4) is 0 Å². The van der Waals surface area contributed by atoms with E-state index in [1.165, 1.54) is 12.8 Å². The van der Waals surface area contributed by atoms with Crippen LogP contribution in [0.5, 0.6) is 0 Å². The van der Waals surface area contributed by atoms with E-state index < -0.39 is 5.97 Å². The van der Waals surface area contributed by atoms with Crippen LogP contribution in [0.3, 0.4) is 0 Å². The first-order chi connectivity index (χ1) is 9.56. The average molecular weight is 283 g/mol. The molecule has 2 saturated carbocycles. The highest BCUT2D eigenvalue weighted by molar-refractivity contribution is 5.74. The number of likely N-dealkylation sites (N-methyl/N-ethyl adjacent to an activating group) is 1. The van der Waals surface area contributed by atoms with Crippen molar-refractivity contribution in [2.24, 2.45) is 5.92 Å². The first-order valence-corrected chi connectivity index (χ1v) is 7.53. The number of rotatable bonds is 6. The SMILES string of the molecule is CN(CCNC(=O)NC1CCCC(C(=O)O)C1)C1CC1. The topological polar surface area (TPSA) is 81.7 Å². The van der Waals surface area contributed by atoms with Gasteiger partial charge in [-0.25, -0.2) is 4.79 Å². The lowest BCUT2D eigenvalue weighted by molar-refractivity contribution is -0.143. The number of aliphatic carboxylic acids is 1. The number of carbonyl (C=O) groups is 2. The molecule has 2 amide bonds. The lowest BCUT2D eigenvalue weighted by atomic mass is 9.86. The monoisotopic (exact) mass is 283 g/mol. The van der Waals surface area contributed by atoms with Gasteiger partial charge >= 0.3 is 12.0 Å². The summed E-state index contributed by atoms with van der Waals surface area (Å²) in [7, 11) is 2.08. The quantitative estimate of drug-likeness (QED) is 0.680. The van der Waals surface area contributed by atoms with Crippen LogP contribution in [0.1, 0.15) is 38.5 Å². The molecule has 0 aromatic heterocycles. The first kappa shape index (κ1) is 15.1. The van der Waals surface area contributed by atoms with Gasteiger partial charge in [0, 0.05) is 25.2 Å². The summed E-state index contributed by atoms with van der Waals surface area (Å²) < 4.78 is 0. The molecule has 0 saturated heterocycles. The third-order valence-electron chi connectivity index (χ3n) is 4.28. The molecule has 0 aliphatic heterocycles. The molecule has 2 aliphatic carbocycles. The Morgan fingerprint density at radius 2 is 2.00 bits per heavy atom. The van der Waals surface area contributed by atoms with Gasteiger partial charge in [0.1, 0.15) is 0 Å². The summed E-state index contributed by atoms with van der Waals surface area (Å²) in [6.07, 6.45) is 5.54. The molecule has 20 heavy (non-hydrogen) atoms. The highest BCUT2D eigenvalue weighted by Gasteiger charge is 2.28. The molecular weight excluding hydrogens is 258 g/mol. The van der Waals surface area contributed by atoms with Gasteiger partial charge in [-0.1, -0.05) is 6.42 Å². The fourth-order valence-electron chi connectivity index (χ4n) is 2.83. The molecule has 2 rings (SSSR count). The smallest absolute Gasteiger partial charge is 0.315 e. The third kappa shape index (κ3) is 4.67. The summed E-state index contributed by atoms with van der Waals surface area (Å²) >= 11 is 0. The molecule has 0 bridgehead atoms. The predicted molar refractivity (Wildman–Crippen MR) is 75.6 cm³/mol. The van der Waals surface area contributed by atoms with E-state index in [-0.39, 0.29) is 18.0 Å². The van der Waals surface area contributed by atoms with Gasteiger partial charge in [-0.3, -0.25) is 4.79 Å². The van der Waals surface area contributed by atoms with Crippen LogP contribution >= 0.6 is 0 Å². The summed E-state index contributed by atoms with van der Waals surface area (Å²) in [5, 5.41) is 14.8. The summed E-state index contributed by atoms with van der Waals surface area (Å²) in [6.45, 7) is 1.49. The zero-order valence-corrected chi connectivity index (χ0v) is 12.1. The van der Waals surface area contributed by atoms with E-state index in [2.05, 4.69) is 22.6 Å². The van der Waals surface area contributed by atoms with E-state index in [0.29, 0.717) is 19.0 Å². The van der Waals surface area contributed by atoms with Crippen LogP contribution in [0.2, 0.25) is 0 Å².